The Labute approximate surface area is 190 Å². The lowest BCUT2D eigenvalue weighted by Gasteiger charge is -2.29. The number of nitriles is 1. The van der Waals surface area contributed by atoms with Gasteiger partial charge in [-0.2, -0.15) is 5.26 Å². The molecule has 1 fully saturated rings. The zero-order chi connectivity index (χ0) is 22.9. The lowest BCUT2D eigenvalue weighted by molar-refractivity contribution is -0.134. The summed E-state index contributed by atoms with van der Waals surface area (Å²) in [6.45, 7) is 7.65. The molecule has 0 spiro atoms. The predicted octanol–water partition coefficient (Wildman–Crippen LogP) is 3.44. The molecule has 0 aromatic heterocycles. The number of hydrogen-bond acceptors (Lipinski definition) is 4. The summed E-state index contributed by atoms with van der Waals surface area (Å²) in [6.07, 6.45) is 0.878. The minimum Gasteiger partial charge on any atom is -0.340 e. The smallest absolute Gasteiger partial charge is 0.319 e. The third kappa shape index (κ3) is 6.56. The molecule has 1 atom stereocenters. The third-order valence-corrected chi connectivity index (χ3v) is 5.64. The Kier molecular flexibility index (Phi) is 8.23. The number of carbonyl (C=O) groups excluding carboxylic acids is 2. The van der Waals surface area contributed by atoms with Crippen LogP contribution >= 0.6 is 0 Å². The van der Waals surface area contributed by atoms with Crippen molar-refractivity contribution in [3.05, 3.63) is 65.7 Å². The Morgan fingerprint density at radius 3 is 2.38 bits per heavy atom. The molecule has 1 aliphatic rings. The van der Waals surface area contributed by atoms with Gasteiger partial charge in [-0.05, 0) is 42.2 Å². The summed E-state index contributed by atoms with van der Waals surface area (Å²) >= 11 is 0. The highest BCUT2D eigenvalue weighted by atomic mass is 16.2. The summed E-state index contributed by atoms with van der Waals surface area (Å²) in [4.78, 5) is 29.9. The topological polar surface area (TPSA) is 88.5 Å². The fraction of sp³-hybridized carbons (Fsp3) is 0.400. The summed E-state index contributed by atoms with van der Waals surface area (Å²) in [5.74, 6) is -0.0644. The summed E-state index contributed by atoms with van der Waals surface area (Å²) < 4.78 is 0. The van der Waals surface area contributed by atoms with Crippen molar-refractivity contribution in [2.45, 2.75) is 32.9 Å². The van der Waals surface area contributed by atoms with E-state index in [1.54, 1.807) is 0 Å². The molecular formula is C25H31N5O2. The van der Waals surface area contributed by atoms with Crippen LogP contribution in [0.25, 0.3) is 0 Å². The van der Waals surface area contributed by atoms with E-state index < -0.39 is 6.04 Å². The van der Waals surface area contributed by atoms with E-state index in [-0.39, 0.29) is 17.9 Å². The van der Waals surface area contributed by atoms with Gasteiger partial charge in [-0.1, -0.05) is 44.2 Å². The van der Waals surface area contributed by atoms with Crippen molar-refractivity contribution in [3.63, 3.8) is 0 Å². The Morgan fingerprint density at radius 2 is 1.72 bits per heavy atom. The molecule has 1 aliphatic heterocycles. The van der Waals surface area contributed by atoms with Crippen molar-refractivity contribution in [2.24, 2.45) is 5.92 Å². The Bertz CT molecular complexity index is 937. The highest BCUT2D eigenvalue weighted by molar-refractivity contribution is 5.93. The minimum atomic E-state index is -0.580. The number of rotatable bonds is 6. The van der Waals surface area contributed by atoms with Crippen LogP contribution in [0.3, 0.4) is 0 Å². The quantitative estimate of drug-likeness (QED) is 0.730. The van der Waals surface area contributed by atoms with Crippen molar-refractivity contribution in [1.29, 1.82) is 5.26 Å². The van der Waals surface area contributed by atoms with Crippen LogP contribution in [0, 0.1) is 17.2 Å². The van der Waals surface area contributed by atoms with Crippen LogP contribution in [0.5, 0.6) is 0 Å². The molecule has 3 amide bonds. The number of nitrogens with one attached hydrogen (secondary N) is 2. The fourth-order valence-electron chi connectivity index (χ4n) is 3.83. The number of urea groups is 1. The van der Waals surface area contributed by atoms with Gasteiger partial charge in [0.25, 0.3) is 0 Å². The van der Waals surface area contributed by atoms with Gasteiger partial charge in [0.1, 0.15) is 6.04 Å². The van der Waals surface area contributed by atoms with Crippen LogP contribution in [0.15, 0.2) is 54.6 Å². The van der Waals surface area contributed by atoms with E-state index >= 15 is 0 Å². The molecule has 0 radical (unpaired) electrons. The second kappa shape index (κ2) is 11.3. The molecule has 1 saturated heterocycles. The van der Waals surface area contributed by atoms with Crippen molar-refractivity contribution in [1.82, 2.24) is 15.1 Å². The third-order valence-electron chi connectivity index (χ3n) is 5.64. The first-order valence-corrected chi connectivity index (χ1v) is 11.1. The molecule has 0 saturated carbocycles. The first-order chi connectivity index (χ1) is 15.5. The van der Waals surface area contributed by atoms with Crippen molar-refractivity contribution >= 4 is 17.6 Å². The van der Waals surface area contributed by atoms with Gasteiger partial charge >= 0.3 is 6.03 Å². The minimum absolute atomic E-state index is 0.0259. The number of para-hydroxylation sites is 1. The summed E-state index contributed by atoms with van der Waals surface area (Å²) in [5.41, 5.74) is 2.50. The number of hydrogen-bond donors (Lipinski definition) is 2. The van der Waals surface area contributed by atoms with Crippen LogP contribution in [0.4, 0.5) is 10.5 Å². The molecule has 32 heavy (non-hydrogen) atoms. The van der Waals surface area contributed by atoms with Crippen LogP contribution < -0.4 is 10.6 Å². The van der Waals surface area contributed by atoms with E-state index in [1.165, 1.54) is 0 Å². The van der Waals surface area contributed by atoms with E-state index in [4.69, 9.17) is 5.26 Å². The Hall–Kier alpha value is -3.37. The first-order valence-electron chi connectivity index (χ1n) is 11.1. The van der Waals surface area contributed by atoms with Crippen molar-refractivity contribution in [2.75, 3.05) is 31.5 Å². The number of nitrogens with zero attached hydrogens (tertiary/aromatic N) is 3. The summed E-state index contributed by atoms with van der Waals surface area (Å²) in [7, 11) is 0. The fourth-order valence-corrected chi connectivity index (χ4v) is 3.83. The summed E-state index contributed by atoms with van der Waals surface area (Å²) in [6, 6.07) is 18.0. The SMILES string of the molecule is CC(C)C(NC(=O)Nc1ccccc1)C(=O)N1CCCN(Cc2ccc(C#N)cc2)CC1. The van der Waals surface area contributed by atoms with Gasteiger partial charge in [-0.25, -0.2) is 4.79 Å². The van der Waals surface area contributed by atoms with Crippen LogP contribution in [-0.2, 0) is 11.3 Å². The van der Waals surface area contributed by atoms with Crippen LogP contribution in [0.1, 0.15) is 31.4 Å². The molecule has 2 N–H and O–H groups in total. The molecule has 1 heterocycles. The Balaban J connectivity index is 1.56. The molecular weight excluding hydrogens is 402 g/mol. The standard InChI is InChI=1S/C25H31N5O2/c1-19(2)23(28-25(32)27-22-7-4-3-5-8-22)24(31)30-14-6-13-29(15-16-30)18-21-11-9-20(17-26)10-12-21/h3-5,7-12,19,23H,6,13-16,18H2,1-2H3,(H2,27,28,32). The number of amides is 3. The average molecular weight is 434 g/mol. The van der Waals surface area contributed by atoms with Crippen molar-refractivity contribution < 1.29 is 9.59 Å². The maximum absolute atomic E-state index is 13.3. The average Bonchev–Trinajstić information content (AvgIpc) is 3.03. The lowest BCUT2D eigenvalue weighted by Crippen LogP contribution is -2.52. The van der Waals surface area contributed by atoms with E-state index in [1.807, 2.05) is 73.3 Å². The zero-order valence-electron chi connectivity index (χ0n) is 18.8. The van der Waals surface area contributed by atoms with Crippen LogP contribution in [-0.4, -0.2) is 54.0 Å². The second-order valence-electron chi connectivity index (χ2n) is 8.45. The van der Waals surface area contributed by atoms with E-state index in [0.717, 1.165) is 31.6 Å². The largest absolute Gasteiger partial charge is 0.340 e. The highest BCUT2D eigenvalue weighted by Gasteiger charge is 2.29. The molecule has 1 unspecified atom stereocenters. The van der Waals surface area contributed by atoms with Gasteiger partial charge in [0.05, 0.1) is 11.6 Å². The van der Waals surface area contributed by atoms with Gasteiger partial charge < -0.3 is 15.5 Å². The predicted molar refractivity (Wildman–Crippen MR) is 125 cm³/mol. The maximum atomic E-state index is 13.3. The normalized spacial score (nSPS) is 15.5. The van der Waals surface area contributed by atoms with E-state index in [0.29, 0.717) is 24.3 Å². The van der Waals surface area contributed by atoms with Crippen LogP contribution in [0.2, 0.25) is 0 Å². The molecule has 2 aromatic carbocycles. The second-order valence-corrected chi connectivity index (χ2v) is 8.45. The van der Waals surface area contributed by atoms with Gasteiger partial charge in [0, 0.05) is 38.4 Å². The van der Waals surface area contributed by atoms with Gasteiger partial charge in [-0.15, -0.1) is 0 Å². The molecule has 0 aliphatic carbocycles. The molecule has 3 rings (SSSR count). The number of benzene rings is 2. The molecule has 0 bridgehead atoms. The Morgan fingerprint density at radius 1 is 1.00 bits per heavy atom. The van der Waals surface area contributed by atoms with E-state index in [9.17, 15) is 9.59 Å². The lowest BCUT2D eigenvalue weighted by atomic mass is 10.0. The highest BCUT2D eigenvalue weighted by Crippen LogP contribution is 2.14. The van der Waals surface area contributed by atoms with E-state index in [2.05, 4.69) is 21.6 Å². The van der Waals surface area contributed by atoms with Gasteiger partial charge in [0.2, 0.25) is 5.91 Å². The molecule has 7 heteroatoms. The van der Waals surface area contributed by atoms with Crippen molar-refractivity contribution in [3.8, 4) is 6.07 Å². The first kappa shape index (κ1) is 23.3. The molecule has 2 aromatic rings. The molecule has 168 valence electrons. The maximum Gasteiger partial charge on any atom is 0.319 e. The summed E-state index contributed by atoms with van der Waals surface area (Å²) in [5, 5.41) is 14.6. The zero-order valence-corrected chi connectivity index (χ0v) is 18.8. The van der Waals surface area contributed by atoms with Gasteiger partial charge in [0.15, 0.2) is 0 Å². The number of anilines is 1. The molecule has 7 nitrogen and oxygen atoms in total. The monoisotopic (exact) mass is 433 g/mol. The number of carbonyl (C=O) groups is 2. The van der Waals surface area contributed by atoms with Gasteiger partial charge in [-0.3, -0.25) is 9.69 Å².